The molecule has 0 aliphatic carbocycles. The number of rotatable bonds is 6. The van der Waals surface area contributed by atoms with E-state index in [4.69, 9.17) is 4.74 Å². The third kappa shape index (κ3) is 4.54. The molecule has 1 aliphatic rings. The number of esters is 1. The topological polar surface area (TPSA) is 66.9 Å². The van der Waals surface area contributed by atoms with Gasteiger partial charge in [0.05, 0.1) is 5.56 Å². The number of benzene rings is 2. The van der Waals surface area contributed by atoms with Gasteiger partial charge in [-0.15, -0.1) is 0 Å². The van der Waals surface area contributed by atoms with Crippen molar-refractivity contribution in [2.75, 3.05) is 25.1 Å². The molecule has 0 bridgehead atoms. The van der Waals surface area contributed by atoms with Gasteiger partial charge in [0, 0.05) is 37.8 Å². The molecule has 0 unspecified atom stereocenters. The lowest BCUT2D eigenvalue weighted by Gasteiger charge is -2.18. The van der Waals surface area contributed by atoms with Crippen LogP contribution in [0.5, 0.6) is 0 Å². The molecule has 0 radical (unpaired) electrons. The zero-order valence-corrected chi connectivity index (χ0v) is 15.6. The highest BCUT2D eigenvalue weighted by Crippen LogP contribution is 2.22. The highest BCUT2D eigenvalue weighted by molar-refractivity contribution is 5.97. The van der Waals surface area contributed by atoms with Crippen molar-refractivity contribution in [1.29, 1.82) is 0 Å². The number of carbonyl (C=O) groups excluding carboxylic acids is 3. The number of halogens is 1. The molecule has 0 atom stereocenters. The molecule has 28 heavy (non-hydrogen) atoms. The van der Waals surface area contributed by atoms with Crippen LogP contribution in [0, 0.1) is 5.82 Å². The minimum absolute atomic E-state index is 0.0236. The average Bonchev–Trinajstić information content (AvgIpc) is 3.13. The molecule has 0 aromatic heterocycles. The number of anilines is 1. The molecule has 7 heteroatoms. The summed E-state index contributed by atoms with van der Waals surface area (Å²) in [5.41, 5.74) is 1.29. The van der Waals surface area contributed by atoms with Gasteiger partial charge >= 0.3 is 5.97 Å². The molecule has 0 saturated carbocycles. The minimum Gasteiger partial charge on any atom is -0.452 e. The van der Waals surface area contributed by atoms with Gasteiger partial charge < -0.3 is 14.5 Å². The SMILES string of the molecule is CN(Cc1ccccc1F)C(=O)COC(=O)c1cccc(N2CCCC2=O)c1. The van der Waals surface area contributed by atoms with E-state index in [0.29, 0.717) is 24.2 Å². The second-order valence-corrected chi connectivity index (χ2v) is 6.62. The van der Waals surface area contributed by atoms with Crippen LogP contribution in [0.1, 0.15) is 28.8 Å². The van der Waals surface area contributed by atoms with Crippen LogP contribution in [0.25, 0.3) is 0 Å². The van der Waals surface area contributed by atoms with Crippen molar-refractivity contribution in [3.8, 4) is 0 Å². The second-order valence-electron chi connectivity index (χ2n) is 6.62. The average molecular weight is 384 g/mol. The molecule has 1 aliphatic heterocycles. The van der Waals surface area contributed by atoms with Crippen LogP contribution in [-0.2, 0) is 20.9 Å². The summed E-state index contributed by atoms with van der Waals surface area (Å²) < 4.78 is 18.8. The van der Waals surface area contributed by atoms with Crippen LogP contribution in [0.4, 0.5) is 10.1 Å². The quantitative estimate of drug-likeness (QED) is 0.719. The van der Waals surface area contributed by atoms with Gasteiger partial charge in [-0.3, -0.25) is 9.59 Å². The first-order valence-electron chi connectivity index (χ1n) is 9.00. The van der Waals surface area contributed by atoms with Crippen molar-refractivity contribution in [3.05, 3.63) is 65.5 Å². The lowest BCUT2D eigenvalue weighted by Crippen LogP contribution is -2.31. The van der Waals surface area contributed by atoms with E-state index in [1.54, 1.807) is 47.4 Å². The molecule has 6 nitrogen and oxygen atoms in total. The van der Waals surface area contributed by atoms with Gasteiger partial charge in [-0.05, 0) is 30.7 Å². The normalized spacial score (nSPS) is 13.5. The van der Waals surface area contributed by atoms with E-state index < -0.39 is 24.3 Å². The van der Waals surface area contributed by atoms with Crippen LogP contribution >= 0.6 is 0 Å². The fourth-order valence-electron chi connectivity index (χ4n) is 3.01. The van der Waals surface area contributed by atoms with Crippen LogP contribution in [0.3, 0.4) is 0 Å². The summed E-state index contributed by atoms with van der Waals surface area (Å²) in [6.07, 6.45) is 1.29. The van der Waals surface area contributed by atoms with Crippen molar-refractivity contribution < 1.29 is 23.5 Å². The highest BCUT2D eigenvalue weighted by Gasteiger charge is 2.22. The van der Waals surface area contributed by atoms with Crippen molar-refractivity contribution in [3.63, 3.8) is 0 Å². The van der Waals surface area contributed by atoms with E-state index in [2.05, 4.69) is 0 Å². The molecular formula is C21H21FN2O4. The standard InChI is InChI=1S/C21H21FN2O4/c1-23(13-16-6-2-3-9-18(16)22)20(26)14-28-21(27)15-7-4-8-17(12-15)24-11-5-10-19(24)25/h2-4,6-9,12H,5,10-11,13-14H2,1H3. The van der Waals surface area contributed by atoms with Crippen molar-refractivity contribution in [1.82, 2.24) is 4.90 Å². The third-order valence-corrected chi connectivity index (χ3v) is 4.58. The number of nitrogens with zero attached hydrogens (tertiary/aromatic N) is 2. The smallest absolute Gasteiger partial charge is 0.338 e. The second kappa shape index (κ2) is 8.65. The molecule has 0 spiro atoms. The number of amides is 2. The fourth-order valence-corrected chi connectivity index (χ4v) is 3.01. The van der Waals surface area contributed by atoms with Crippen molar-refractivity contribution in [2.24, 2.45) is 0 Å². The summed E-state index contributed by atoms with van der Waals surface area (Å²) >= 11 is 0. The Kier molecular flexibility index (Phi) is 6.03. The zero-order chi connectivity index (χ0) is 20.1. The van der Waals surface area contributed by atoms with E-state index in [-0.39, 0.29) is 18.0 Å². The molecule has 1 fully saturated rings. The van der Waals surface area contributed by atoms with E-state index in [1.807, 2.05) is 0 Å². The summed E-state index contributed by atoms with van der Waals surface area (Å²) in [6, 6.07) is 12.8. The van der Waals surface area contributed by atoms with Gasteiger partial charge in [-0.25, -0.2) is 9.18 Å². The lowest BCUT2D eigenvalue weighted by atomic mass is 10.2. The molecule has 1 saturated heterocycles. The summed E-state index contributed by atoms with van der Waals surface area (Å²) in [7, 11) is 1.52. The number of likely N-dealkylation sites (N-methyl/N-ethyl adjacent to an activating group) is 1. The van der Waals surface area contributed by atoms with E-state index in [0.717, 1.165) is 6.42 Å². The van der Waals surface area contributed by atoms with Gasteiger partial charge in [0.1, 0.15) is 5.82 Å². The molecule has 0 N–H and O–H groups in total. The Morgan fingerprint density at radius 3 is 2.68 bits per heavy atom. The van der Waals surface area contributed by atoms with Crippen LogP contribution in [0.2, 0.25) is 0 Å². The summed E-state index contributed by atoms with van der Waals surface area (Å²) in [5, 5.41) is 0. The number of ether oxygens (including phenoxy) is 1. The maximum absolute atomic E-state index is 13.7. The fraction of sp³-hybridized carbons (Fsp3) is 0.286. The molecular weight excluding hydrogens is 363 g/mol. The first kappa shape index (κ1) is 19.5. The van der Waals surface area contributed by atoms with Crippen LogP contribution < -0.4 is 4.90 Å². The lowest BCUT2D eigenvalue weighted by molar-refractivity contribution is -0.133. The summed E-state index contributed by atoms with van der Waals surface area (Å²) in [5.74, 6) is -1.47. The summed E-state index contributed by atoms with van der Waals surface area (Å²) in [6.45, 7) is 0.253. The third-order valence-electron chi connectivity index (χ3n) is 4.58. The van der Waals surface area contributed by atoms with Crippen molar-refractivity contribution in [2.45, 2.75) is 19.4 Å². The van der Waals surface area contributed by atoms with Gasteiger partial charge in [0.25, 0.3) is 5.91 Å². The maximum atomic E-state index is 13.7. The Labute approximate surface area is 162 Å². The Hall–Kier alpha value is -3.22. The van der Waals surface area contributed by atoms with Gasteiger partial charge in [-0.2, -0.15) is 0 Å². The minimum atomic E-state index is -0.652. The van der Waals surface area contributed by atoms with E-state index in [1.165, 1.54) is 18.0 Å². The molecule has 3 rings (SSSR count). The van der Waals surface area contributed by atoms with Gasteiger partial charge in [-0.1, -0.05) is 24.3 Å². The first-order valence-corrected chi connectivity index (χ1v) is 9.00. The Morgan fingerprint density at radius 1 is 1.18 bits per heavy atom. The zero-order valence-electron chi connectivity index (χ0n) is 15.6. The first-order chi connectivity index (χ1) is 13.5. The van der Waals surface area contributed by atoms with Crippen LogP contribution in [-0.4, -0.2) is 42.9 Å². The van der Waals surface area contributed by atoms with Crippen LogP contribution in [0.15, 0.2) is 48.5 Å². The maximum Gasteiger partial charge on any atom is 0.338 e. The summed E-state index contributed by atoms with van der Waals surface area (Å²) in [4.78, 5) is 39.2. The van der Waals surface area contributed by atoms with Crippen molar-refractivity contribution >= 4 is 23.5 Å². The number of carbonyl (C=O) groups is 3. The predicted molar refractivity (Wildman–Crippen MR) is 101 cm³/mol. The Bertz CT molecular complexity index is 899. The Balaban J connectivity index is 1.57. The molecule has 2 aromatic rings. The highest BCUT2D eigenvalue weighted by atomic mass is 19.1. The van der Waals surface area contributed by atoms with E-state index >= 15 is 0 Å². The Morgan fingerprint density at radius 2 is 1.96 bits per heavy atom. The molecule has 146 valence electrons. The number of hydrogen-bond acceptors (Lipinski definition) is 4. The van der Waals surface area contributed by atoms with E-state index in [9.17, 15) is 18.8 Å². The molecule has 2 amide bonds. The predicted octanol–water partition coefficient (Wildman–Crippen LogP) is 2.77. The largest absolute Gasteiger partial charge is 0.452 e. The number of hydrogen-bond donors (Lipinski definition) is 0. The van der Waals surface area contributed by atoms with Gasteiger partial charge in [0.15, 0.2) is 6.61 Å². The van der Waals surface area contributed by atoms with Gasteiger partial charge in [0.2, 0.25) is 5.91 Å². The molecule has 2 aromatic carbocycles. The molecule has 1 heterocycles. The monoisotopic (exact) mass is 384 g/mol.